The van der Waals surface area contributed by atoms with Crippen molar-refractivity contribution in [3.63, 3.8) is 0 Å². The first-order valence-electron chi connectivity index (χ1n) is 11.4. The van der Waals surface area contributed by atoms with Gasteiger partial charge in [-0.2, -0.15) is 0 Å². The number of benzene rings is 3. The zero-order valence-electron chi connectivity index (χ0n) is 19.0. The van der Waals surface area contributed by atoms with Gasteiger partial charge in [0.05, 0.1) is 5.52 Å². The van der Waals surface area contributed by atoms with Crippen LogP contribution in [0.3, 0.4) is 0 Å². The van der Waals surface area contributed by atoms with Gasteiger partial charge in [0.1, 0.15) is 5.82 Å². The summed E-state index contributed by atoms with van der Waals surface area (Å²) >= 11 is 0. The molecular weight excluding hydrogens is 418 g/mol. The van der Waals surface area contributed by atoms with Gasteiger partial charge in [0.25, 0.3) is 0 Å². The quantitative estimate of drug-likeness (QED) is 0.239. The molecule has 1 heterocycles. The van der Waals surface area contributed by atoms with Crippen molar-refractivity contribution in [1.82, 2.24) is 14.9 Å². The molecule has 3 aromatic carbocycles. The summed E-state index contributed by atoms with van der Waals surface area (Å²) in [5.74, 6) is -0.459. The number of fused-ring (bicyclic) bond motifs is 2. The molecule has 33 heavy (non-hydrogen) atoms. The van der Waals surface area contributed by atoms with Crippen LogP contribution in [0.25, 0.3) is 33.8 Å². The highest BCUT2D eigenvalue weighted by Gasteiger charge is 2.09. The molecule has 0 bridgehead atoms. The standard InChI is InChI=1S/C27H28F2N4/c1-3-33(4-2)15-7-14-30-27-22-17-20-8-5-6-9-21(20)18-25(22)31-26(32-27)13-11-19-10-12-23(28)24(29)16-19/h5-6,8-13,16-18H,3-4,7,14-15H2,1-2H3,(H,30,31,32)/b13-11+. The smallest absolute Gasteiger partial charge is 0.159 e. The summed E-state index contributed by atoms with van der Waals surface area (Å²) < 4.78 is 26.8. The van der Waals surface area contributed by atoms with Crippen molar-refractivity contribution in [3.8, 4) is 0 Å². The SMILES string of the molecule is CCN(CC)CCCNc1nc(/C=C/c2ccc(F)c(F)c2)nc2cc3ccccc3cc12. The van der Waals surface area contributed by atoms with Crippen molar-refractivity contribution in [2.75, 3.05) is 31.5 Å². The average molecular weight is 447 g/mol. The van der Waals surface area contributed by atoms with Crippen LogP contribution in [0.4, 0.5) is 14.6 Å². The van der Waals surface area contributed by atoms with Gasteiger partial charge in [-0.1, -0.05) is 50.3 Å². The van der Waals surface area contributed by atoms with Crippen molar-refractivity contribution in [2.45, 2.75) is 20.3 Å². The van der Waals surface area contributed by atoms with E-state index in [2.05, 4.69) is 48.3 Å². The normalized spacial score (nSPS) is 11.8. The first-order chi connectivity index (χ1) is 16.1. The van der Waals surface area contributed by atoms with Crippen LogP contribution in [0.1, 0.15) is 31.7 Å². The van der Waals surface area contributed by atoms with Crippen LogP contribution >= 0.6 is 0 Å². The van der Waals surface area contributed by atoms with E-state index in [0.717, 1.165) is 72.2 Å². The molecule has 0 unspecified atom stereocenters. The fourth-order valence-electron chi connectivity index (χ4n) is 3.88. The Morgan fingerprint density at radius 3 is 2.36 bits per heavy atom. The topological polar surface area (TPSA) is 41.0 Å². The summed E-state index contributed by atoms with van der Waals surface area (Å²) in [6.07, 6.45) is 4.41. The summed E-state index contributed by atoms with van der Waals surface area (Å²) in [6.45, 7) is 8.24. The fraction of sp³-hybridized carbons (Fsp3) is 0.259. The predicted molar refractivity (Wildman–Crippen MR) is 133 cm³/mol. The molecule has 170 valence electrons. The van der Waals surface area contributed by atoms with Crippen LogP contribution in [0.5, 0.6) is 0 Å². The van der Waals surface area contributed by atoms with Crippen molar-refractivity contribution < 1.29 is 8.78 Å². The maximum atomic E-state index is 13.6. The summed E-state index contributed by atoms with van der Waals surface area (Å²) in [4.78, 5) is 11.8. The van der Waals surface area contributed by atoms with Gasteiger partial charge in [-0.3, -0.25) is 0 Å². The number of anilines is 1. The Labute approximate surface area is 193 Å². The first kappa shape index (κ1) is 22.8. The van der Waals surface area contributed by atoms with E-state index in [-0.39, 0.29) is 0 Å². The van der Waals surface area contributed by atoms with E-state index in [0.29, 0.717) is 11.4 Å². The van der Waals surface area contributed by atoms with Crippen molar-refractivity contribution in [3.05, 3.63) is 77.6 Å². The minimum absolute atomic E-state index is 0.508. The van der Waals surface area contributed by atoms with E-state index < -0.39 is 11.6 Å². The molecule has 0 atom stereocenters. The van der Waals surface area contributed by atoms with Crippen LogP contribution in [0, 0.1) is 11.6 Å². The molecule has 0 spiro atoms. The number of rotatable bonds is 9. The van der Waals surface area contributed by atoms with E-state index >= 15 is 0 Å². The molecule has 0 aliphatic carbocycles. The lowest BCUT2D eigenvalue weighted by atomic mass is 10.1. The van der Waals surface area contributed by atoms with E-state index in [1.165, 1.54) is 6.07 Å². The highest BCUT2D eigenvalue weighted by molar-refractivity contribution is 6.01. The highest BCUT2D eigenvalue weighted by Crippen LogP contribution is 2.27. The molecule has 1 N–H and O–H groups in total. The third-order valence-corrected chi connectivity index (χ3v) is 5.79. The Morgan fingerprint density at radius 1 is 0.879 bits per heavy atom. The molecule has 0 fully saturated rings. The van der Waals surface area contributed by atoms with Crippen LogP contribution < -0.4 is 5.32 Å². The van der Waals surface area contributed by atoms with Gasteiger partial charge in [0, 0.05) is 11.9 Å². The van der Waals surface area contributed by atoms with Gasteiger partial charge in [0.15, 0.2) is 17.5 Å². The van der Waals surface area contributed by atoms with E-state index in [1.807, 2.05) is 12.1 Å². The molecule has 6 heteroatoms. The van der Waals surface area contributed by atoms with Crippen molar-refractivity contribution in [2.24, 2.45) is 0 Å². The molecule has 4 rings (SSSR count). The van der Waals surface area contributed by atoms with Crippen LogP contribution in [0.15, 0.2) is 54.6 Å². The largest absolute Gasteiger partial charge is 0.369 e. The summed E-state index contributed by atoms with van der Waals surface area (Å²) in [5.41, 5.74) is 1.38. The lowest BCUT2D eigenvalue weighted by Crippen LogP contribution is -2.25. The lowest BCUT2D eigenvalue weighted by Gasteiger charge is -2.18. The van der Waals surface area contributed by atoms with E-state index in [1.54, 1.807) is 12.2 Å². The summed E-state index contributed by atoms with van der Waals surface area (Å²) in [5, 5.41) is 6.68. The Bertz CT molecular complexity index is 1280. The minimum Gasteiger partial charge on any atom is -0.369 e. The van der Waals surface area contributed by atoms with Gasteiger partial charge in [-0.05, 0) is 72.7 Å². The van der Waals surface area contributed by atoms with Crippen LogP contribution in [-0.4, -0.2) is 41.0 Å². The monoisotopic (exact) mass is 446 g/mol. The molecule has 0 radical (unpaired) electrons. The van der Waals surface area contributed by atoms with Gasteiger partial charge < -0.3 is 10.2 Å². The molecule has 4 nitrogen and oxygen atoms in total. The molecular formula is C27H28F2N4. The zero-order valence-corrected chi connectivity index (χ0v) is 19.0. The number of aromatic nitrogens is 2. The number of hydrogen-bond acceptors (Lipinski definition) is 4. The lowest BCUT2D eigenvalue weighted by molar-refractivity contribution is 0.303. The second-order valence-corrected chi connectivity index (χ2v) is 7.96. The second kappa shape index (κ2) is 10.5. The number of hydrogen-bond donors (Lipinski definition) is 1. The third kappa shape index (κ3) is 5.52. The number of halogens is 2. The van der Waals surface area contributed by atoms with Crippen LogP contribution in [0.2, 0.25) is 0 Å². The van der Waals surface area contributed by atoms with E-state index in [9.17, 15) is 8.78 Å². The van der Waals surface area contributed by atoms with Crippen LogP contribution in [-0.2, 0) is 0 Å². The summed E-state index contributed by atoms with van der Waals surface area (Å²) in [7, 11) is 0. The number of nitrogens with one attached hydrogen (secondary N) is 1. The Hall–Kier alpha value is -3.38. The Kier molecular flexibility index (Phi) is 7.25. The molecule has 4 aromatic rings. The highest BCUT2D eigenvalue weighted by atomic mass is 19.2. The maximum Gasteiger partial charge on any atom is 0.159 e. The molecule has 1 aromatic heterocycles. The second-order valence-electron chi connectivity index (χ2n) is 7.96. The minimum atomic E-state index is -0.876. The zero-order chi connectivity index (χ0) is 23.2. The van der Waals surface area contributed by atoms with Gasteiger partial charge in [-0.25, -0.2) is 18.7 Å². The van der Waals surface area contributed by atoms with Crippen molar-refractivity contribution in [1.29, 1.82) is 0 Å². The molecule has 0 amide bonds. The van der Waals surface area contributed by atoms with Gasteiger partial charge in [-0.15, -0.1) is 0 Å². The maximum absolute atomic E-state index is 13.6. The van der Waals surface area contributed by atoms with E-state index in [4.69, 9.17) is 9.97 Å². The number of nitrogens with zero attached hydrogens (tertiary/aromatic N) is 3. The first-order valence-corrected chi connectivity index (χ1v) is 11.4. The Morgan fingerprint density at radius 2 is 1.64 bits per heavy atom. The third-order valence-electron chi connectivity index (χ3n) is 5.79. The molecule has 0 saturated carbocycles. The van der Waals surface area contributed by atoms with Gasteiger partial charge in [0.2, 0.25) is 0 Å². The van der Waals surface area contributed by atoms with Crippen molar-refractivity contribution >= 4 is 39.6 Å². The average Bonchev–Trinajstić information content (AvgIpc) is 2.83. The summed E-state index contributed by atoms with van der Waals surface area (Å²) in [6, 6.07) is 16.1. The molecule has 0 aliphatic heterocycles. The molecule has 0 saturated heterocycles. The predicted octanol–water partition coefficient (Wildman–Crippen LogP) is 6.38. The van der Waals surface area contributed by atoms with Gasteiger partial charge >= 0.3 is 0 Å². The molecule has 0 aliphatic rings. The Balaban J connectivity index is 1.65. The fourth-order valence-corrected chi connectivity index (χ4v) is 3.88.